The van der Waals surface area contributed by atoms with Crippen LogP contribution in [0.2, 0.25) is 0 Å². The van der Waals surface area contributed by atoms with Crippen LogP contribution in [-0.2, 0) is 0 Å². The summed E-state index contributed by atoms with van der Waals surface area (Å²) in [7, 11) is 1.97. The fourth-order valence-corrected chi connectivity index (χ4v) is 3.19. The van der Waals surface area contributed by atoms with E-state index in [4.69, 9.17) is 4.42 Å². The Morgan fingerprint density at radius 2 is 2.09 bits per heavy atom. The van der Waals surface area contributed by atoms with Gasteiger partial charge in [0.1, 0.15) is 17.9 Å². The second kappa shape index (κ2) is 4.75. The van der Waals surface area contributed by atoms with Crippen molar-refractivity contribution < 1.29 is 4.42 Å². The first-order chi connectivity index (χ1) is 11.1. The number of aryl methyl sites for hydroxylation is 1. The van der Waals surface area contributed by atoms with Crippen molar-refractivity contribution >= 4 is 27.8 Å². The third kappa shape index (κ3) is 1.82. The molecule has 0 spiro atoms. The average molecular weight is 304 g/mol. The fourth-order valence-electron chi connectivity index (χ4n) is 3.19. The number of benzene rings is 1. The van der Waals surface area contributed by atoms with Crippen molar-refractivity contribution in [2.24, 2.45) is 0 Å². The number of anilines is 1. The molecule has 3 heterocycles. The van der Waals surface area contributed by atoms with E-state index in [1.807, 2.05) is 42.1 Å². The second-order valence-electron chi connectivity index (χ2n) is 5.86. The summed E-state index contributed by atoms with van der Waals surface area (Å²) in [6, 6.07) is 10.3. The highest BCUT2D eigenvalue weighted by atomic mass is 16.3. The summed E-state index contributed by atoms with van der Waals surface area (Å²) in [6.45, 7) is 4.11. The van der Waals surface area contributed by atoms with Crippen LogP contribution in [0.5, 0.6) is 0 Å². The molecule has 1 atom stereocenters. The standard InChI is InChI=1S/C18H16N4O/c1-11-6-7-14-15-5-4-8-20-18(15)23-17(14)16(11)22-12(2)21(3)10-13(22)9-19/h4-8,10,12H,1-3H3/t12-/m0/s1. The molecular formula is C18H16N4O. The third-order valence-electron chi connectivity index (χ3n) is 4.50. The second-order valence-corrected chi connectivity index (χ2v) is 5.86. The van der Waals surface area contributed by atoms with Crippen molar-refractivity contribution in [1.29, 1.82) is 5.26 Å². The Morgan fingerprint density at radius 1 is 1.26 bits per heavy atom. The highest BCUT2D eigenvalue weighted by Crippen LogP contribution is 2.40. The zero-order chi connectivity index (χ0) is 16.1. The van der Waals surface area contributed by atoms with Gasteiger partial charge in [-0.3, -0.25) is 0 Å². The number of hydrogen-bond acceptors (Lipinski definition) is 5. The number of aromatic nitrogens is 1. The molecule has 0 saturated carbocycles. The number of pyridine rings is 1. The lowest BCUT2D eigenvalue weighted by Crippen LogP contribution is -2.35. The van der Waals surface area contributed by atoms with Gasteiger partial charge >= 0.3 is 0 Å². The third-order valence-corrected chi connectivity index (χ3v) is 4.50. The highest BCUT2D eigenvalue weighted by Gasteiger charge is 2.31. The quantitative estimate of drug-likeness (QED) is 0.685. The van der Waals surface area contributed by atoms with E-state index < -0.39 is 0 Å². The summed E-state index contributed by atoms with van der Waals surface area (Å²) in [6.07, 6.45) is 3.64. The van der Waals surface area contributed by atoms with E-state index in [-0.39, 0.29) is 6.17 Å². The minimum atomic E-state index is 0.0510. The number of allylic oxidation sites excluding steroid dienone is 1. The number of rotatable bonds is 1. The Morgan fingerprint density at radius 3 is 2.87 bits per heavy atom. The molecule has 0 amide bonds. The van der Waals surface area contributed by atoms with Crippen LogP contribution < -0.4 is 4.90 Å². The molecule has 0 saturated heterocycles. The van der Waals surface area contributed by atoms with E-state index in [1.165, 1.54) is 0 Å². The Hall–Kier alpha value is -3.00. The van der Waals surface area contributed by atoms with Gasteiger partial charge in [-0.1, -0.05) is 12.1 Å². The maximum atomic E-state index is 9.51. The lowest BCUT2D eigenvalue weighted by atomic mass is 10.1. The first-order valence-electron chi connectivity index (χ1n) is 7.51. The molecule has 3 aromatic rings. The summed E-state index contributed by atoms with van der Waals surface area (Å²) < 4.78 is 6.05. The van der Waals surface area contributed by atoms with Gasteiger partial charge in [-0.2, -0.15) is 5.26 Å². The van der Waals surface area contributed by atoms with Crippen LogP contribution in [0.15, 0.2) is 46.8 Å². The van der Waals surface area contributed by atoms with Crippen LogP contribution in [0.3, 0.4) is 0 Å². The van der Waals surface area contributed by atoms with Crippen LogP contribution in [0.25, 0.3) is 22.1 Å². The molecule has 114 valence electrons. The molecule has 4 rings (SSSR count). The summed E-state index contributed by atoms with van der Waals surface area (Å²) in [4.78, 5) is 8.37. The lowest BCUT2D eigenvalue weighted by molar-refractivity contribution is 0.382. The van der Waals surface area contributed by atoms with Gasteiger partial charge in [-0.25, -0.2) is 4.98 Å². The number of fused-ring (bicyclic) bond motifs is 3. The first-order valence-corrected chi connectivity index (χ1v) is 7.51. The molecule has 0 fully saturated rings. The predicted molar refractivity (Wildman–Crippen MR) is 89.7 cm³/mol. The molecule has 23 heavy (non-hydrogen) atoms. The maximum Gasteiger partial charge on any atom is 0.227 e. The van der Waals surface area contributed by atoms with Gasteiger partial charge in [0.2, 0.25) is 5.71 Å². The summed E-state index contributed by atoms with van der Waals surface area (Å²) >= 11 is 0. The van der Waals surface area contributed by atoms with Crippen LogP contribution in [0.4, 0.5) is 5.69 Å². The normalized spacial score (nSPS) is 17.8. The van der Waals surface area contributed by atoms with Gasteiger partial charge in [-0.15, -0.1) is 0 Å². The zero-order valence-corrected chi connectivity index (χ0v) is 13.2. The molecule has 1 aliphatic heterocycles. The topological polar surface area (TPSA) is 56.3 Å². The van der Waals surface area contributed by atoms with Gasteiger partial charge in [0.15, 0.2) is 5.58 Å². The van der Waals surface area contributed by atoms with Crippen LogP contribution in [0.1, 0.15) is 12.5 Å². The maximum absolute atomic E-state index is 9.51. The van der Waals surface area contributed by atoms with Crippen molar-refractivity contribution in [2.45, 2.75) is 20.0 Å². The van der Waals surface area contributed by atoms with Gasteiger partial charge in [0.05, 0.1) is 5.69 Å². The highest BCUT2D eigenvalue weighted by molar-refractivity contribution is 6.08. The Bertz CT molecular complexity index is 995. The average Bonchev–Trinajstić information content (AvgIpc) is 3.06. The summed E-state index contributed by atoms with van der Waals surface area (Å²) in [5.41, 5.74) is 4.02. The molecule has 0 aliphatic carbocycles. The van der Waals surface area contributed by atoms with Crippen LogP contribution >= 0.6 is 0 Å². The Labute approximate surface area is 134 Å². The molecule has 0 unspecified atom stereocenters. The number of nitriles is 1. The van der Waals surface area contributed by atoms with Crippen molar-refractivity contribution in [2.75, 3.05) is 11.9 Å². The molecule has 0 bridgehead atoms. The van der Waals surface area contributed by atoms with Gasteiger partial charge < -0.3 is 14.2 Å². The molecule has 5 nitrogen and oxygen atoms in total. The van der Waals surface area contributed by atoms with E-state index in [0.29, 0.717) is 11.4 Å². The lowest BCUT2D eigenvalue weighted by Gasteiger charge is -2.29. The predicted octanol–water partition coefficient (Wildman–Crippen LogP) is 3.75. The van der Waals surface area contributed by atoms with E-state index in [0.717, 1.165) is 27.6 Å². The van der Waals surface area contributed by atoms with E-state index in [1.54, 1.807) is 6.20 Å². The van der Waals surface area contributed by atoms with Crippen molar-refractivity contribution in [3.05, 3.63) is 47.9 Å². The van der Waals surface area contributed by atoms with Gasteiger partial charge in [-0.05, 0) is 31.5 Å². The monoisotopic (exact) mass is 304 g/mol. The number of hydrogen-bond donors (Lipinski definition) is 0. The van der Waals surface area contributed by atoms with Crippen LogP contribution in [0, 0.1) is 18.3 Å². The molecule has 0 radical (unpaired) electrons. The smallest absolute Gasteiger partial charge is 0.227 e. The van der Waals surface area contributed by atoms with Crippen molar-refractivity contribution in [3.8, 4) is 6.07 Å². The van der Waals surface area contributed by atoms with Crippen molar-refractivity contribution in [3.63, 3.8) is 0 Å². The fraction of sp³-hybridized carbons (Fsp3) is 0.222. The van der Waals surface area contributed by atoms with E-state index in [9.17, 15) is 5.26 Å². The molecular weight excluding hydrogens is 288 g/mol. The SMILES string of the molecule is Cc1ccc2c(oc3ncccc32)c1N1C(C#N)=CN(C)[C@@H]1C. The number of furan rings is 1. The minimum Gasteiger partial charge on any atom is -0.435 e. The molecule has 1 aromatic carbocycles. The van der Waals surface area contributed by atoms with Crippen molar-refractivity contribution in [1.82, 2.24) is 9.88 Å². The van der Waals surface area contributed by atoms with E-state index in [2.05, 4.69) is 30.1 Å². The largest absolute Gasteiger partial charge is 0.435 e. The molecule has 0 N–H and O–H groups in total. The van der Waals surface area contributed by atoms with Gasteiger partial charge in [0.25, 0.3) is 0 Å². The molecule has 2 aromatic heterocycles. The van der Waals surface area contributed by atoms with Gasteiger partial charge in [0, 0.05) is 30.2 Å². The summed E-state index contributed by atoms with van der Waals surface area (Å²) in [5.74, 6) is 0. The molecule has 5 heteroatoms. The first kappa shape index (κ1) is 13.6. The molecule has 1 aliphatic rings. The van der Waals surface area contributed by atoms with E-state index >= 15 is 0 Å². The van der Waals surface area contributed by atoms with Crippen LogP contribution in [-0.4, -0.2) is 23.1 Å². The minimum absolute atomic E-state index is 0.0510. The Balaban J connectivity index is 2.05. The Kier molecular flexibility index (Phi) is 2.82. The summed E-state index contributed by atoms with van der Waals surface area (Å²) in [5, 5.41) is 11.5. The zero-order valence-electron chi connectivity index (χ0n) is 13.2. The number of nitrogens with zero attached hydrogens (tertiary/aromatic N) is 4.